The Morgan fingerprint density at radius 2 is 1.38 bits per heavy atom. The summed E-state index contributed by atoms with van der Waals surface area (Å²) >= 11 is 0. The maximum atomic E-state index is 3.26. The molecule has 0 heteroatoms. The molecule has 0 saturated heterocycles. The van der Waals surface area contributed by atoms with Crippen LogP contribution in [-0.2, 0) is 0 Å². The van der Waals surface area contributed by atoms with Gasteiger partial charge in [0, 0.05) is 33.0 Å². The summed E-state index contributed by atoms with van der Waals surface area (Å²) in [5, 5.41) is 0. The maximum absolute atomic E-state index is 3.26. The zero-order valence-corrected chi connectivity index (χ0v) is 26.0. The summed E-state index contributed by atoms with van der Waals surface area (Å²) in [4.78, 5) is 0. The number of rotatable bonds is 0. The van der Waals surface area contributed by atoms with Gasteiger partial charge in [-0.3, -0.25) is 0 Å². The smallest absolute Gasteiger partial charge is 0.0275 e. The Bertz CT molecular complexity index is 2240. The molecular weight excluding hydrogens is 540 g/mol. The van der Waals surface area contributed by atoms with Crippen molar-refractivity contribution in [2.75, 3.05) is 0 Å². The van der Waals surface area contributed by atoms with Crippen LogP contribution in [0.2, 0.25) is 0 Å². The van der Waals surface area contributed by atoms with Crippen LogP contribution in [0.3, 0.4) is 0 Å². The molecule has 9 saturated carbocycles. The van der Waals surface area contributed by atoms with E-state index in [-0.39, 0.29) is 0 Å². The molecule has 20 aliphatic rings. The molecule has 0 heterocycles. The summed E-state index contributed by atoms with van der Waals surface area (Å²) in [6, 6.07) is 0. The van der Waals surface area contributed by atoms with Crippen molar-refractivity contribution in [2.45, 2.75) is 39.0 Å². The molecule has 20 rings (SSSR count). The predicted octanol–water partition coefficient (Wildman–Crippen LogP) is 7.71. The first kappa shape index (κ1) is 19.9. The van der Waals surface area contributed by atoms with E-state index in [4.69, 9.17) is 0 Å². The van der Waals surface area contributed by atoms with E-state index < -0.39 is 0 Å². The number of allylic oxidation sites excluding steroid dienone is 14. The summed E-state index contributed by atoms with van der Waals surface area (Å²) in [6.45, 7) is 2.86. The van der Waals surface area contributed by atoms with E-state index in [1.54, 1.807) is 12.8 Å². The normalized spacial score (nSPS) is 81.0. The van der Waals surface area contributed by atoms with Crippen LogP contribution in [0.4, 0.5) is 0 Å². The highest BCUT2D eigenvalue weighted by molar-refractivity contribution is 5.86. The van der Waals surface area contributed by atoms with E-state index in [9.17, 15) is 0 Å². The minimum Gasteiger partial charge on any atom is -0.0845 e. The Hall–Kier alpha value is -1.82. The number of hydrogen-bond donors (Lipinski definition) is 0. The third kappa shape index (κ3) is 1.06. The molecule has 20 aliphatic carbocycles. The van der Waals surface area contributed by atoms with Crippen LogP contribution in [0.5, 0.6) is 0 Å². The fraction of sp³-hybridized carbons (Fsp3) is 0.689. The molecule has 0 aromatic carbocycles. The molecule has 5 spiro atoms. The van der Waals surface area contributed by atoms with Crippen LogP contribution in [0.25, 0.3) is 0 Å². The van der Waals surface area contributed by atoms with Crippen molar-refractivity contribution in [3.05, 3.63) is 80.5 Å². The van der Waals surface area contributed by atoms with E-state index >= 15 is 0 Å². The molecule has 0 nitrogen and oxygen atoms in total. The summed E-state index contributed by atoms with van der Waals surface area (Å²) in [5.74, 6) is 19.4. The van der Waals surface area contributed by atoms with Crippen molar-refractivity contribution in [1.29, 1.82) is 0 Å². The Morgan fingerprint density at radius 1 is 0.600 bits per heavy atom. The van der Waals surface area contributed by atoms with Crippen LogP contribution < -0.4 is 0 Å². The topological polar surface area (TPSA) is 0 Å². The van der Waals surface area contributed by atoms with Crippen molar-refractivity contribution < 1.29 is 0 Å². The fourth-order valence-electron chi connectivity index (χ4n) is 24.9. The molecule has 45 heavy (non-hydrogen) atoms. The van der Waals surface area contributed by atoms with Crippen molar-refractivity contribution in [3.8, 4) is 0 Å². The quantitative estimate of drug-likeness (QED) is 0.258. The molecule has 9 fully saturated rings. The van der Waals surface area contributed by atoms with Crippen molar-refractivity contribution in [2.24, 2.45) is 145 Å². The second-order valence-corrected chi connectivity index (χ2v) is 21.9. The summed E-state index contributed by atoms with van der Waals surface area (Å²) in [5.41, 5.74) is 22.6. The number of fused-ring (bicyclic) bond motifs is 8. The fourth-order valence-corrected chi connectivity index (χ4v) is 24.9. The lowest BCUT2D eigenvalue weighted by Gasteiger charge is -2.91. The lowest BCUT2D eigenvalue weighted by Crippen LogP contribution is -2.86. The van der Waals surface area contributed by atoms with Gasteiger partial charge in [0.05, 0.1) is 0 Å². The predicted molar refractivity (Wildman–Crippen MR) is 165 cm³/mol. The van der Waals surface area contributed by atoms with Gasteiger partial charge in [0.2, 0.25) is 0 Å². The minimum atomic E-state index is 0.457. The maximum Gasteiger partial charge on any atom is 0.0275 e. The molecule has 0 amide bonds. The third-order valence-electron chi connectivity index (χ3n) is 23.9. The van der Waals surface area contributed by atoms with Gasteiger partial charge in [-0.1, -0.05) is 77.2 Å². The van der Waals surface area contributed by atoms with Crippen LogP contribution in [0.1, 0.15) is 39.0 Å². The SMILES string of the molecule is CC1C2C3=C4C(C3)C3C5CC6C7=C5C43C3C4=C5C8=C3C13C2C1C=CC2C9CCCC%10C(=CC89C2C13)C51C%10C2C=CC3C6C74C3C21. The van der Waals surface area contributed by atoms with Crippen molar-refractivity contribution in [3.63, 3.8) is 0 Å². The Morgan fingerprint density at radius 3 is 2.29 bits per heavy atom. The van der Waals surface area contributed by atoms with E-state index in [1.807, 2.05) is 0 Å². The van der Waals surface area contributed by atoms with Crippen LogP contribution in [-0.4, -0.2) is 0 Å². The van der Waals surface area contributed by atoms with Gasteiger partial charge < -0.3 is 0 Å². The van der Waals surface area contributed by atoms with Crippen LogP contribution in [0.15, 0.2) is 80.5 Å². The van der Waals surface area contributed by atoms with Gasteiger partial charge in [0.15, 0.2) is 0 Å². The van der Waals surface area contributed by atoms with Gasteiger partial charge in [-0.05, 0) is 155 Å². The van der Waals surface area contributed by atoms with Crippen LogP contribution >= 0.6 is 0 Å². The van der Waals surface area contributed by atoms with E-state index in [2.05, 4.69) is 87.5 Å². The average molecular weight is 579 g/mol. The van der Waals surface area contributed by atoms with Gasteiger partial charge in [0.25, 0.3) is 0 Å². The van der Waals surface area contributed by atoms with Crippen molar-refractivity contribution >= 4 is 0 Å². The summed E-state index contributed by atoms with van der Waals surface area (Å²) < 4.78 is 0. The Labute approximate surface area is 264 Å². The molecule has 0 aromatic rings. The molecule has 4 bridgehead atoms. The van der Waals surface area contributed by atoms with Gasteiger partial charge in [0.1, 0.15) is 0 Å². The standard InChI is InChI=1S/C45H38/c1-12-24-18-9-19-27(18)44-28(19)21-10-20-26-16-8-7-15-25-13-3-2-4-22-14-5-6-17-29(24)42(12)31(17)30(14)41(22)11-23(13)43(25)32(15)33(16)45(26,35(20)34(21)44)40-38(43)36(41)37(42)39(40)44/h5-8,11-17,19-22,24-26,28-33,39H,2-4,9-10H2,1H3. The highest BCUT2D eigenvalue weighted by Crippen LogP contribution is 3.06. The molecule has 0 aliphatic heterocycles. The van der Waals surface area contributed by atoms with Crippen molar-refractivity contribution in [1.82, 2.24) is 0 Å². The second-order valence-electron chi connectivity index (χ2n) is 21.9. The largest absolute Gasteiger partial charge is 0.0845 e. The molecule has 0 aromatic heterocycles. The first-order chi connectivity index (χ1) is 22.2. The third-order valence-corrected chi connectivity index (χ3v) is 23.9. The zero-order chi connectivity index (χ0) is 27.3. The average Bonchev–Trinajstić information content (AvgIpc) is 3.53. The monoisotopic (exact) mass is 578 g/mol. The molecule has 25 unspecified atom stereocenters. The lowest BCUT2D eigenvalue weighted by atomic mass is 9.12. The molecule has 0 radical (unpaired) electrons. The Kier molecular flexibility index (Phi) is 2.02. The highest BCUT2D eigenvalue weighted by Gasteiger charge is 3.00. The lowest BCUT2D eigenvalue weighted by molar-refractivity contribution is -0.323. The second kappa shape index (κ2) is 4.56. The van der Waals surface area contributed by atoms with E-state index in [0.717, 1.165) is 118 Å². The van der Waals surface area contributed by atoms with Gasteiger partial charge in [-0.25, -0.2) is 0 Å². The number of hydrogen-bond acceptors (Lipinski definition) is 0. The van der Waals surface area contributed by atoms with E-state index in [1.165, 1.54) is 19.3 Å². The molecule has 25 atom stereocenters. The van der Waals surface area contributed by atoms with Gasteiger partial charge in [-0.15, -0.1) is 0 Å². The first-order valence-corrected chi connectivity index (χ1v) is 20.3. The minimum absolute atomic E-state index is 0.457. The first-order valence-electron chi connectivity index (χ1n) is 20.3. The molecule has 0 N–H and O–H groups in total. The zero-order valence-electron chi connectivity index (χ0n) is 26.0. The van der Waals surface area contributed by atoms with Crippen LogP contribution in [0, 0.1) is 145 Å². The summed E-state index contributed by atoms with van der Waals surface area (Å²) in [6.07, 6.45) is 22.6. The van der Waals surface area contributed by atoms with Gasteiger partial charge in [-0.2, -0.15) is 0 Å². The van der Waals surface area contributed by atoms with Gasteiger partial charge >= 0.3 is 0 Å². The molecular formula is C45H38. The highest BCUT2D eigenvalue weighted by atomic mass is 15.0. The summed E-state index contributed by atoms with van der Waals surface area (Å²) in [7, 11) is 0. The Balaban J connectivity index is 1.06. The van der Waals surface area contributed by atoms with E-state index in [0.29, 0.717) is 27.1 Å². The molecule has 218 valence electrons.